The highest BCUT2D eigenvalue weighted by molar-refractivity contribution is 5.95. The summed E-state index contributed by atoms with van der Waals surface area (Å²) in [6, 6.07) is 4.81. The first kappa shape index (κ1) is 16.4. The van der Waals surface area contributed by atoms with Crippen LogP contribution in [0.1, 0.15) is 10.5 Å². The molecule has 0 aliphatic carbocycles. The second-order valence-corrected chi connectivity index (χ2v) is 5.36. The van der Waals surface area contributed by atoms with E-state index < -0.39 is 36.0 Å². The van der Waals surface area contributed by atoms with Gasteiger partial charge in [0.1, 0.15) is 11.5 Å². The van der Waals surface area contributed by atoms with Crippen LogP contribution in [0.4, 0.5) is 17.6 Å². The Morgan fingerprint density at radius 1 is 1.33 bits per heavy atom. The van der Waals surface area contributed by atoms with Crippen LogP contribution < -0.4 is 5.43 Å². The van der Waals surface area contributed by atoms with Gasteiger partial charge >= 0.3 is 6.18 Å². The molecule has 5 nitrogen and oxygen atoms in total. The average molecular weight is 344 g/mol. The van der Waals surface area contributed by atoms with Gasteiger partial charge in [0.25, 0.3) is 5.91 Å². The van der Waals surface area contributed by atoms with Gasteiger partial charge < -0.3 is 14.6 Å². The van der Waals surface area contributed by atoms with Crippen LogP contribution in [0.25, 0.3) is 10.9 Å². The number of carbonyl (C=O) groups excluding carboxylic acids is 1. The molecule has 1 aliphatic heterocycles. The second kappa shape index (κ2) is 5.90. The molecule has 0 radical (unpaired) electrons. The molecule has 1 aromatic heterocycles. The molecule has 1 N–H and O–H groups in total. The number of morpholine rings is 1. The first-order valence-corrected chi connectivity index (χ1v) is 7.06. The fourth-order valence-corrected chi connectivity index (χ4v) is 2.55. The van der Waals surface area contributed by atoms with E-state index in [1.54, 1.807) is 0 Å². The maximum Gasteiger partial charge on any atom is 0.416 e. The number of halogens is 4. The Bertz CT molecular complexity index is 847. The van der Waals surface area contributed by atoms with Gasteiger partial charge in [0.05, 0.1) is 18.7 Å². The van der Waals surface area contributed by atoms with Gasteiger partial charge in [-0.05, 0) is 12.1 Å². The maximum absolute atomic E-state index is 13.8. The van der Waals surface area contributed by atoms with Crippen molar-refractivity contribution in [1.82, 2.24) is 9.88 Å². The number of para-hydroxylation sites is 1. The number of nitrogens with one attached hydrogen (secondary N) is 1. The minimum Gasteiger partial charge on any atom is -0.365 e. The number of aromatic amines is 1. The minimum atomic E-state index is -4.60. The highest BCUT2D eigenvalue weighted by Crippen LogP contribution is 2.26. The maximum atomic E-state index is 13.8. The number of fused-ring (bicyclic) bond motifs is 1. The van der Waals surface area contributed by atoms with Gasteiger partial charge in [-0.1, -0.05) is 6.07 Å². The molecule has 1 amide bonds. The molecule has 24 heavy (non-hydrogen) atoms. The molecular weight excluding hydrogens is 332 g/mol. The molecule has 2 heterocycles. The van der Waals surface area contributed by atoms with Gasteiger partial charge in [0.2, 0.25) is 0 Å². The molecule has 1 aromatic carbocycles. The van der Waals surface area contributed by atoms with Crippen molar-refractivity contribution in [1.29, 1.82) is 0 Å². The Morgan fingerprint density at radius 2 is 2.08 bits per heavy atom. The Kier molecular flexibility index (Phi) is 4.04. The van der Waals surface area contributed by atoms with Crippen molar-refractivity contribution in [3.8, 4) is 0 Å². The predicted molar refractivity (Wildman–Crippen MR) is 76.2 cm³/mol. The van der Waals surface area contributed by atoms with Crippen LogP contribution in [0.2, 0.25) is 0 Å². The topological polar surface area (TPSA) is 62.4 Å². The molecule has 9 heteroatoms. The van der Waals surface area contributed by atoms with E-state index in [9.17, 15) is 27.2 Å². The van der Waals surface area contributed by atoms with E-state index >= 15 is 0 Å². The zero-order chi connectivity index (χ0) is 17.5. The molecule has 3 rings (SSSR count). The molecule has 1 fully saturated rings. The summed E-state index contributed by atoms with van der Waals surface area (Å²) >= 11 is 0. The predicted octanol–water partition coefficient (Wildman–Crippen LogP) is 2.07. The molecule has 2 aromatic rings. The lowest BCUT2D eigenvalue weighted by Crippen LogP contribution is -2.51. The average Bonchev–Trinajstić information content (AvgIpc) is 2.54. The van der Waals surface area contributed by atoms with Crippen LogP contribution in [-0.2, 0) is 4.74 Å². The van der Waals surface area contributed by atoms with Crippen LogP contribution in [0.3, 0.4) is 0 Å². The Hall–Kier alpha value is -2.42. The lowest BCUT2D eigenvalue weighted by Gasteiger charge is -2.33. The first-order chi connectivity index (χ1) is 11.3. The summed E-state index contributed by atoms with van der Waals surface area (Å²) in [7, 11) is 0. The van der Waals surface area contributed by atoms with Gasteiger partial charge in [0, 0.05) is 18.0 Å². The number of H-pyrrole nitrogens is 1. The Balaban J connectivity index is 1.94. The van der Waals surface area contributed by atoms with E-state index in [1.165, 1.54) is 12.1 Å². The van der Waals surface area contributed by atoms with Crippen molar-refractivity contribution < 1.29 is 27.1 Å². The Labute approximate surface area is 132 Å². The van der Waals surface area contributed by atoms with E-state index in [0.29, 0.717) is 0 Å². The zero-order valence-electron chi connectivity index (χ0n) is 12.2. The summed E-state index contributed by atoms with van der Waals surface area (Å²) in [6.07, 6.45) is -6.68. The van der Waals surface area contributed by atoms with Gasteiger partial charge in [-0.15, -0.1) is 0 Å². The number of ether oxygens (including phenoxy) is 1. The monoisotopic (exact) mass is 344 g/mol. The van der Waals surface area contributed by atoms with Gasteiger partial charge in [-0.25, -0.2) is 4.39 Å². The van der Waals surface area contributed by atoms with E-state index in [1.807, 2.05) is 0 Å². The number of carbonyl (C=O) groups is 1. The highest BCUT2D eigenvalue weighted by atomic mass is 19.4. The summed E-state index contributed by atoms with van der Waals surface area (Å²) in [6.45, 7) is -1.01. The minimum absolute atomic E-state index is 0.0528. The van der Waals surface area contributed by atoms with E-state index in [-0.39, 0.29) is 29.7 Å². The quantitative estimate of drug-likeness (QED) is 0.806. The zero-order valence-corrected chi connectivity index (χ0v) is 12.2. The van der Waals surface area contributed by atoms with E-state index in [2.05, 4.69) is 9.72 Å². The number of pyridine rings is 1. The smallest absolute Gasteiger partial charge is 0.365 e. The fourth-order valence-electron chi connectivity index (χ4n) is 2.55. The third-order valence-corrected chi connectivity index (χ3v) is 3.76. The molecule has 128 valence electrons. The third-order valence-electron chi connectivity index (χ3n) is 3.76. The standard InChI is InChI=1S/C15H12F4N2O3/c16-9-3-1-2-8-11(22)6-10(20-13(8)9)14(23)21-4-5-24-12(7-21)15(17,18)19/h1-3,6,12H,4-5,7H2,(H,20,22)/t12-/m0/s1. The van der Waals surface area contributed by atoms with Crippen molar-refractivity contribution in [2.45, 2.75) is 12.3 Å². The first-order valence-electron chi connectivity index (χ1n) is 7.06. The summed E-state index contributed by atoms with van der Waals surface area (Å²) in [5.74, 6) is -1.54. The SMILES string of the molecule is O=C(c1cc(=O)c2cccc(F)c2[nH]1)N1CCO[C@H](C(F)(F)F)C1. The summed E-state index contributed by atoms with van der Waals surface area (Å²) < 4.78 is 56.6. The molecule has 0 saturated carbocycles. The number of aromatic nitrogens is 1. The number of hydrogen-bond donors (Lipinski definition) is 1. The van der Waals surface area contributed by atoms with Crippen LogP contribution >= 0.6 is 0 Å². The van der Waals surface area contributed by atoms with E-state index in [0.717, 1.165) is 17.0 Å². The van der Waals surface area contributed by atoms with Crippen LogP contribution in [0, 0.1) is 5.82 Å². The van der Waals surface area contributed by atoms with Crippen molar-refractivity contribution in [3.05, 3.63) is 46.0 Å². The van der Waals surface area contributed by atoms with Gasteiger partial charge in [-0.3, -0.25) is 9.59 Å². The van der Waals surface area contributed by atoms with Crippen LogP contribution in [-0.4, -0.2) is 47.8 Å². The van der Waals surface area contributed by atoms with Gasteiger partial charge in [-0.2, -0.15) is 13.2 Å². The molecule has 1 aliphatic rings. The molecule has 0 spiro atoms. The van der Waals surface area contributed by atoms with Crippen molar-refractivity contribution in [2.24, 2.45) is 0 Å². The lowest BCUT2D eigenvalue weighted by atomic mass is 10.1. The second-order valence-electron chi connectivity index (χ2n) is 5.36. The fraction of sp³-hybridized carbons (Fsp3) is 0.333. The number of alkyl halides is 3. The van der Waals surface area contributed by atoms with Gasteiger partial charge in [0.15, 0.2) is 11.5 Å². The molecular formula is C15H12F4N2O3. The summed E-state index contributed by atoms with van der Waals surface area (Å²) in [5.41, 5.74) is -1.01. The third kappa shape index (κ3) is 2.99. The van der Waals surface area contributed by atoms with Crippen LogP contribution in [0.15, 0.2) is 29.1 Å². The van der Waals surface area contributed by atoms with Crippen molar-refractivity contribution >= 4 is 16.8 Å². The van der Waals surface area contributed by atoms with Crippen LogP contribution in [0.5, 0.6) is 0 Å². The largest absolute Gasteiger partial charge is 0.416 e. The number of nitrogens with zero attached hydrogens (tertiary/aromatic N) is 1. The molecule has 0 unspecified atom stereocenters. The molecule has 0 bridgehead atoms. The Morgan fingerprint density at radius 3 is 2.79 bits per heavy atom. The molecule has 1 saturated heterocycles. The van der Waals surface area contributed by atoms with E-state index in [4.69, 9.17) is 0 Å². The molecule has 1 atom stereocenters. The number of benzene rings is 1. The normalized spacial score (nSPS) is 18.8. The van der Waals surface area contributed by atoms with Crippen molar-refractivity contribution in [3.63, 3.8) is 0 Å². The number of rotatable bonds is 1. The number of hydrogen-bond acceptors (Lipinski definition) is 3. The number of amides is 1. The summed E-state index contributed by atoms with van der Waals surface area (Å²) in [5, 5.41) is 0.0571. The van der Waals surface area contributed by atoms with Crippen molar-refractivity contribution in [2.75, 3.05) is 19.7 Å². The highest BCUT2D eigenvalue weighted by Gasteiger charge is 2.44. The summed E-state index contributed by atoms with van der Waals surface area (Å²) in [4.78, 5) is 27.8. The lowest BCUT2D eigenvalue weighted by molar-refractivity contribution is -0.233.